The van der Waals surface area contributed by atoms with Gasteiger partial charge in [0.1, 0.15) is 11.9 Å². The van der Waals surface area contributed by atoms with E-state index in [2.05, 4.69) is 15.5 Å². The van der Waals surface area contributed by atoms with Gasteiger partial charge in [-0.15, -0.1) is 0 Å². The summed E-state index contributed by atoms with van der Waals surface area (Å²) in [7, 11) is 0. The Labute approximate surface area is 209 Å². The summed E-state index contributed by atoms with van der Waals surface area (Å²) in [6.07, 6.45) is -0.162. The topological polar surface area (TPSA) is 102 Å². The summed E-state index contributed by atoms with van der Waals surface area (Å²) in [5.41, 5.74) is 1.99. The first-order valence-corrected chi connectivity index (χ1v) is 12.0. The maximum absolute atomic E-state index is 13.2. The number of anilines is 2. The van der Waals surface area contributed by atoms with Crippen LogP contribution < -0.4 is 15.5 Å². The molecular weight excluding hydrogens is 465 g/mol. The molecule has 10 heteroatoms. The highest BCUT2D eigenvalue weighted by molar-refractivity contribution is 5.98. The van der Waals surface area contributed by atoms with E-state index in [0.717, 1.165) is 5.69 Å². The Hall–Kier alpha value is -3.79. The molecule has 2 aliphatic rings. The summed E-state index contributed by atoms with van der Waals surface area (Å²) >= 11 is 0. The SMILES string of the molecule is CC(=O)c1ccc(NC(=O)C[C@H]2C(=O)NCCN2C(=O)CN2CCN(c3ccc(F)cc3)CC2)cc1. The lowest BCUT2D eigenvalue weighted by Crippen LogP contribution is -2.60. The van der Waals surface area contributed by atoms with Gasteiger partial charge in [0, 0.05) is 56.2 Å². The molecule has 2 heterocycles. The molecule has 190 valence electrons. The van der Waals surface area contributed by atoms with E-state index in [1.165, 1.54) is 24.0 Å². The standard InChI is InChI=1S/C26H30FN5O4/c1-18(33)19-2-6-21(7-3-19)29-24(34)16-23-26(36)28-10-11-32(23)25(35)17-30-12-14-31(15-13-30)22-8-4-20(27)5-9-22/h2-9,23H,10-17H2,1H3,(H,28,36)(H,29,34)/t23-/m0/s1. The summed E-state index contributed by atoms with van der Waals surface area (Å²) in [5.74, 6) is -1.28. The van der Waals surface area contributed by atoms with Crippen LogP contribution >= 0.6 is 0 Å². The van der Waals surface area contributed by atoms with Crippen LogP contribution in [0.5, 0.6) is 0 Å². The minimum Gasteiger partial charge on any atom is -0.369 e. The Morgan fingerprint density at radius 2 is 1.64 bits per heavy atom. The lowest BCUT2D eigenvalue weighted by atomic mass is 10.1. The van der Waals surface area contributed by atoms with Gasteiger partial charge in [0.2, 0.25) is 17.7 Å². The van der Waals surface area contributed by atoms with E-state index in [1.54, 1.807) is 36.4 Å². The van der Waals surface area contributed by atoms with Crippen LogP contribution in [0.25, 0.3) is 0 Å². The number of hydrogen-bond acceptors (Lipinski definition) is 6. The number of rotatable bonds is 7. The highest BCUT2D eigenvalue weighted by Crippen LogP contribution is 2.18. The number of amides is 3. The van der Waals surface area contributed by atoms with Gasteiger partial charge in [-0.2, -0.15) is 0 Å². The van der Waals surface area contributed by atoms with E-state index >= 15 is 0 Å². The van der Waals surface area contributed by atoms with Crippen molar-refractivity contribution in [1.29, 1.82) is 0 Å². The summed E-state index contributed by atoms with van der Waals surface area (Å²) < 4.78 is 13.2. The third-order valence-electron chi connectivity index (χ3n) is 6.53. The first kappa shape index (κ1) is 25.3. The van der Waals surface area contributed by atoms with E-state index in [0.29, 0.717) is 50.5 Å². The molecule has 0 spiro atoms. The molecule has 2 aliphatic heterocycles. The fourth-order valence-electron chi connectivity index (χ4n) is 4.49. The van der Waals surface area contributed by atoms with Crippen LogP contribution in [0.2, 0.25) is 0 Å². The van der Waals surface area contributed by atoms with E-state index < -0.39 is 11.9 Å². The zero-order valence-electron chi connectivity index (χ0n) is 20.2. The third-order valence-corrected chi connectivity index (χ3v) is 6.53. The van der Waals surface area contributed by atoms with Gasteiger partial charge in [0.15, 0.2) is 5.78 Å². The number of nitrogens with one attached hydrogen (secondary N) is 2. The van der Waals surface area contributed by atoms with Gasteiger partial charge in [-0.25, -0.2) is 4.39 Å². The van der Waals surface area contributed by atoms with Gasteiger partial charge in [-0.1, -0.05) is 0 Å². The quantitative estimate of drug-likeness (QED) is 0.565. The lowest BCUT2D eigenvalue weighted by Gasteiger charge is -2.39. The Balaban J connectivity index is 1.31. The van der Waals surface area contributed by atoms with Gasteiger partial charge in [-0.05, 0) is 55.5 Å². The predicted octanol–water partition coefficient (Wildman–Crippen LogP) is 1.51. The minimum absolute atomic E-state index is 0.0715. The second-order valence-electron chi connectivity index (χ2n) is 9.02. The molecule has 1 atom stereocenters. The zero-order valence-corrected chi connectivity index (χ0v) is 20.2. The summed E-state index contributed by atoms with van der Waals surface area (Å²) in [6.45, 7) is 5.02. The predicted molar refractivity (Wildman–Crippen MR) is 133 cm³/mol. The maximum atomic E-state index is 13.2. The van der Waals surface area contributed by atoms with Gasteiger partial charge in [0.05, 0.1) is 13.0 Å². The Kier molecular flexibility index (Phi) is 7.94. The molecule has 4 rings (SSSR count). The third kappa shape index (κ3) is 6.25. The van der Waals surface area contributed by atoms with E-state index in [4.69, 9.17) is 0 Å². The van der Waals surface area contributed by atoms with E-state index in [-0.39, 0.29) is 36.4 Å². The van der Waals surface area contributed by atoms with Crippen LogP contribution in [0, 0.1) is 5.82 Å². The first-order valence-electron chi connectivity index (χ1n) is 12.0. The Morgan fingerprint density at radius 1 is 0.972 bits per heavy atom. The van der Waals surface area contributed by atoms with Gasteiger partial charge in [-0.3, -0.25) is 24.1 Å². The average Bonchev–Trinajstić information content (AvgIpc) is 2.86. The smallest absolute Gasteiger partial charge is 0.243 e. The molecule has 2 aromatic carbocycles. The Morgan fingerprint density at radius 3 is 2.28 bits per heavy atom. The lowest BCUT2D eigenvalue weighted by molar-refractivity contribution is -0.145. The number of carbonyl (C=O) groups is 4. The molecule has 0 aromatic heterocycles. The van der Waals surface area contributed by atoms with Crippen molar-refractivity contribution in [3.63, 3.8) is 0 Å². The van der Waals surface area contributed by atoms with Gasteiger partial charge in [0.25, 0.3) is 0 Å². The molecule has 36 heavy (non-hydrogen) atoms. The van der Waals surface area contributed by atoms with Crippen LogP contribution in [-0.2, 0) is 14.4 Å². The van der Waals surface area contributed by atoms with Gasteiger partial charge < -0.3 is 20.4 Å². The van der Waals surface area contributed by atoms with Crippen LogP contribution in [0.3, 0.4) is 0 Å². The maximum Gasteiger partial charge on any atom is 0.243 e. The molecule has 0 aliphatic carbocycles. The van der Waals surface area contributed by atoms with Crippen molar-refractivity contribution in [2.75, 3.05) is 56.0 Å². The molecule has 0 saturated carbocycles. The van der Waals surface area contributed by atoms with Crippen molar-refractivity contribution in [1.82, 2.24) is 15.1 Å². The fourth-order valence-corrected chi connectivity index (χ4v) is 4.49. The molecule has 2 fully saturated rings. The number of carbonyl (C=O) groups excluding carboxylic acids is 4. The Bertz CT molecular complexity index is 1110. The number of benzene rings is 2. The second kappa shape index (κ2) is 11.3. The van der Waals surface area contributed by atoms with Crippen molar-refractivity contribution in [2.24, 2.45) is 0 Å². The van der Waals surface area contributed by atoms with Crippen molar-refractivity contribution < 1.29 is 23.6 Å². The van der Waals surface area contributed by atoms with Crippen LogP contribution in [0.4, 0.5) is 15.8 Å². The number of nitrogens with zero attached hydrogens (tertiary/aromatic N) is 3. The molecular formula is C26H30FN5O4. The normalized spacial score (nSPS) is 18.5. The highest BCUT2D eigenvalue weighted by atomic mass is 19.1. The zero-order chi connectivity index (χ0) is 25.7. The molecule has 2 aromatic rings. The molecule has 2 saturated heterocycles. The monoisotopic (exact) mass is 495 g/mol. The summed E-state index contributed by atoms with van der Waals surface area (Å²) in [5, 5.41) is 5.47. The average molecular weight is 496 g/mol. The van der Waals surface area contributed by atoms with Crippen molar-refractivity contribution in [3.05, 3.63) is 59.9 Å². The molecule has 0 radical (unpaired) electrons. The largest absolute Gasteiger partial charge is 0.369 e. The van der Waals surface area contributed by atoms with E-state index in [1.807, 2.05) is 4.90 Å². The highest BCUT2D eigenvalue weighted by Gasteiger charge is 2.35. The second-order valence-corrected chi connectivity index (χ2v) is 9.02. The number of halogens is 1. The summed E-state index contributed by atoms with van der Waals surface area (Å²) in [4.78, 5) is 55.4. The first-order chi connectivity index (χ1) is 17.3. The molecule has 9 nitrogen and oxygen atoms in total. The molecule has 2 N–H and O–H groups in total. The van der Waals surface area contributed by atoms with Gasteiger partial charge >= 0.3 is 0 Å². The van der Waals surface area contributed by atoms with Crippen LogP contribution in [0.15, 0.2) is 48.5 Å². The van der Waals surface area contributed by atoms with Crippen LogP contribution in [-0.4, -0.2) is 85.2 Å². The number of Topliss-reactive ketones (excluding diaryl/α,β-unsaturated/α-hetero) is 1. The van der Waals surface area contributed by atoms with Crippen molar-refractivity contribution in [2.45, 2.75) is 19.4 Å². The minimum atomic E-state index is -0.886. The molecule has 3 amide bonds. The number of piperazine rings is 2. The van der Waals surface area contributed by atoms with Crippen LogP contribution in [0.1, 0.15) is 23.7 Å². The molecule has 0 unspecified atom stereocenters. The summed E-state index contributed by atoms with van der Waals surface area (Å²) in [6, 6.07) is 12.0. The van der Waals surface area contributed by atoms with Crippen molar-refractivity contribution >= 4 is 34.9 Å². The molecule has 0 bridgehead atoms. The van der Waals surface area contributed by atoms with Crippen molar-refractivity contribution in [3.8, 4) is 0 Å². The number of ketones is 1. The number of hydrogen-bond donors (Lipinski definition) is 2. The van der Waals surface area contributed by atoms with E-state index in [9.17, 15) is 23.6 Å². The fraction of sp³-hybridized carbons (Fsp3) is 0.385.